The van der Waals surface area contributed by atoms with Crippen LogP contribution in [0.4, 0.5) is 11.4 Å². The van der Waals surface area contributed by atoms with E-state index < -0.39 is 0 Å². The van der Waals surface area contributed by atoms with Gasteiger partial charge in [0.25, 0.3) is 0 Å². The molecule has 6 heteroatoms. The molecule has 0 aliphatic carbocycles. The van der Waals surface area contributed by atoms with Crippen LogP contribution in [0.2, 0.25) is 0 Å². The molecule has 0 fully saturated rings. The lowest BCUT2D eigenvalue weighted by atomic mass is 10.1. The molecule has 6 nitrogen and oxygen atoms in total. The number of hydrogen-bond donors (Lipinski definition) is 0. The van der Waals surface area contributed by atoms with E-state index in [1.165, 1.54) is 0 Å². The van der Waals surface area contributed by atoms with Gasteiger partial charge in [-0.05, 0) is 36.4 Å². The second kappa shape index (κ2) is 4.72. The van der Waals surface area contributed by atoms with Crippen LogP contribution in [0, 0.1) is 13.1 Å². The van der Waals surface area contributed by atoms with E-state index in [0.29, 0.717) is 23.6 Å². The zero-order chi connectivity index (χ0) is 18.1. The highest BCUT2D eigenvalue weighted by atomic mass is 16.3. The maximum absolute atomic E-state index is 7.60. The summed E-state index contributed by atoms with van der Waals surface area (Å²) in [5, 5.41) is 2.87. The number of benzene rings is 2. The van der Waals surface area contributed by atoms with Crippen molar-refractivity contribution in [2.75, 3.05) is 0 Å². The fraction of sp³-hybridized carbons (Fsp3) is 0.0476. The van der Waals surface area contributed by atoms with Crippen LogP contribution < -0.4 is 4.68 Å². The molecule has 5 aromatic rings. The normalized spacial score (nSPS) is 12.2. The molecule has 27 heavy (non-hydrogen) atoms. The van der Waals surface area contributed by atoms with Gasteiger partial charge in [0.1, 0.15) is 5.52 Å². The Hall–Kier alpha value is -4.16. The maximum atomic E-state index is 7.60. The van der Waals surface area contributed by atoms with Crippen LogP contribution in [0.1, 0.15) is 5.56 Å². The molecule has 0 N–H and O–H groups in total. The number of pyridine rings is 1. The van der Waals surface area contributed by atoms with E-state index in [4.69, 9.17) is 17.6 Å². The van der Waals surface area contributed by atoms with Gasteiger partial charge in [-0.15, -0.1) is 9.36 Å². The molecular formula is C21H10N5O+. The summed E-state index contributed by atoms with van der Waals surface area (Å²) >= 11 is 0. The number of furan rings is 1. The molecule has 0 spiro atoms. The minimum Gasteiger partial charge on any atom is -0.435 e. The zero-order valence-electron chi connectivity index (χ0n) is 14.0. The second-order valence-corrected chi connectivity index (χ2v) is 6.57. The number of fused-ring (bicyclic) bond motifs is 9. The summed E-state index contributed by atoms with van der Waals surface area (Å²) < 4.78 is 10.2. The van der Waals surface area contributed by atoms with Crippen LogP contribution in [0.15, 0.2) is 53.2 Å². The van der Waals surface area contributed by atoms with Crippen LogP contribution in [0.25, 0.3) is 48.3 Å². The third-order valence-electron chi connectivity index (χ3n) is 5.13. The molecule has 3 aromatic heterocycles. The molecule has 0 saturated carbocycles. The van der Waals surface area contributed by atoms with E-state index in [9.17, 15) is 0 Å². The Morgan fingerprint density at radius 3 is 2.89 bits per heavy atom. The highest BCUT2D eigenvalue weighted by Gasteiger charge is 2.33. The van der Waals surface area contributed by atoms with Crippen molar-refractivity contribution in [3.63, 3.8) is 0 Å². The van der Waals surface area contributed by atoms with Crippen LogP contribution in [-0.2, 0) is 6.54 Å². The molecule has 124 valence electrons. The Bertz CT molecular complexity index is 1520. The lowest BCUT2D eigenvalue weighted by Crippen LogP contribution is -2.36. The summed E-state index contributed by atoms with van der Waals surface area (Å²) in [5.41, 5.74) is 5.21. The molecule has 0 unspecified atom stereocenters. The molecule has 0 saturated heterocycles. The third kappa shape index (κ3) is 1.67. The zero-order valence-corrected chi connectivity index (χ0v) is 14.0. The first-order chi connectivity index (χ1) is 13.3. The first kappa shape index (κ1) is 14.1. The van der Waals surface area contributed by atoms with Crippen molar-refractivity contribution in [2.45, 2.75) is 6.54 Å². The summed E-state index contributed by atoms with van der Waals surface area (Å²) in [6.45, 7) is 15.6. The standard InChI is InChI=1S/C21H10N5O/c1-22-14-8-13-11-25-10-12-5-6-15-16-4-3-7-24-21(16)27-20(15)19(12)26(25)18(13)17(9-14)23-2/h3-9,11H,10H2/q+1. The number of aromatic nitrogens is 3. The van der Waals surface area contributed by atoms with E-state index in [1.54, 1.807) is 12.3 Å². The summed E-state index contributed by atoms with van der Waals surface area (Å²) in [6, 6.07) is 11.6. The van der Waals surface area contributed by atoms with Crippen molar-refractivity contribution < 1.29 is 9.10 Å². The van der Waals surface area contributed by atoms with Crippen LogP contribution in [-0.4, -0.2) is 9.67 Å². The molecule has 0 atom stereocenters. The number of rotatable bonds is 0. The van der Waals surface area contributed by atoms with Gasteiger partial charge in [-0.1, -0.05) is 0 Å². The van der Waals surface area contributed by atoms with Gasteiger partial charge in [0.2, 0.25) is 17.6 Å². The van der Waals surface area contributed by atoms with E-state index in [0.717, 1.165) is 38.5 Å². The van der Waals surface area contributed by atoms with Crippen LogP contribution in [0.3, 0.4) is 0 Å². The first-order valence-electron chi connectivity index (χ1n) is 8.42. The quantitative estimate of drug-likeness (QED) is 0.296. The van der Waals surface area contributed by atoms with Gasteiger partial charge in [0.15, 0.2) is 23.5 Å². The van der Waals surface area contributed by atoms with Gasteiger partial charge in [0, 0.05) is 22.4 Å². The fourth-order valence-corrected chi connectivity index (χ4v) is 4.04. The van der Waals surface area contributed by atoms with Gasteiger partial charge in [-0.25, -0.2) is 14.7 Å². The minimum absolute atomic E-state index is 0.469. The average molecular weight is 348 g/mol. The topological polar surface area (TPSA) is 43.6 Å². The Morgan fingerprint density at radius 1 is 1.11 bits per heavy atom. The van der Waals surface area contributed by atoms with Gasteiger partial charge >= 0.3 is 0 Å². The van der Waals surface area contributed by atoms with Crippen molar-refractivity contribution in [2.24, 2.45) is 0 Å². The maximum Gasteiger partial charge on any atom is 0.227 e. The first-order valence-corrected chi connectivity index (χ1v) is 8.42. The predicted molar refractivity (Wildman–Crippen MR) is 100 cm³/mol. The predicted octanol–water partition coefficient (Wildman–Crippen LogP) is 4.68. The van der Waals surface area contributed by atoms with Gasteiger partial charge < -0.3 is 4.42 Å². The smallest absolute Gasteiger partial charge is 0.227 e. The molecule has 2 aromatic carbocycles. The monoisotopic (exact) mass is 348 g/mol. The van der Waals surface area contributed by atoms with Crippen molar-refractivity contribution >= 4 is 44.3 Å². The second-order valence-electron chi connectivity index (χ2n) is 6.57. The van der Waals surface area contributed by atoms with Crippen molar-refractivity contribution in [3.8, 4) is 5.69 Å². The summed E-state index contributed by atoms with van der Waals surface area (Å²) in [6.07, 6.45) is 3.71. The SMILES string of the molecule is [C-]#[N+]c1cc([N+]#[C-])c2c(c1)c[n+]1n2-c2c(ccc3c2oc2ncccc23)C1. The van der Waals surface area contributed by atoms with E-state index in [1.807, 2.05) is 29.1 Å². The number of nitrogens with zero attached hydrogens (tertiary/aromatic N) is 5. The Kier molecular flexibility index (Phi) is 2.46. The van der Waals surface area contributed by atoms with Crippen molar-refractivity contribution in [1.82, 2.24) is 9.67 Å². The average Bonchev–Trinajstić information content (AvgIpc) is 3.35. The molecule has 1 aliphatic heterocycles. The number of hydrogen-bond acceptors (Lipinski definition) is 2. The Morgan fingerprint density at radius 2 is 2.04 bits per heavy atom. The highest BCUT2D eigenvalue weighted by molar-refractivity contribution is 6.07. The molecule has 6 rings (SSSR count). The van der Waals surface area contributed by atoms with Gasteiger partial charge in [-0.2, -0.15) is 0 Å². The summed E-state index contributed by atoms with van der Waals surface area (Å²) in [7, 11) is 0. The fourth-order valence-electron chi connectivity index (χ4n) is 4.04. The van der Waals surface area contributed by atoms with Crippen LogP contribution >= 0.6 is 0 Å². The Labute approximate surface area is 153 Å². The largest absolute Gasteiger partial charge is 0.435 e. The van der Waals surface area contributed by atoms with Gasteiger partial charge in [0.05, 0.1) is 18.7 Å². The van der Waals surface area contributed by atoms with E-state index >= 15 is 0 Å². The molecule has 0 radical (unpaired) electrons. The summed E-state index contributed by atoms with van der Waals surface area (Å²) in [4.78, 5) is 11.5. The molecular weight excluding hydrogens is 338 g/mol. The summed E-state index contributed by atoms with van der Waals surface area (Å²) in [5.74, 6) is 0. The molecule has 0 amide bonds. The van der Waals surface area contributed by atoms with E-state index in [2.05, 4.69) is 31.5 Å². The Balaban J connectivity index is 1.80. The highest BCUT2D eigenvalue weighted by Crippen LogP contribution is 2.39. The van der Waals surface area contributed by atoms with Gasteiger partial charge in [-0.3, -0.25) is 0 Å². The van der Waals surface area contributed by atoms with Crippen LogP contribution in [0.5, 0.6) is 0 Å². The van der Waals surface area contributed by atoms with Crippen molar-refractivity contribution in [1.29, 1.82) is 0 Å². The molecule has 1 aliphatic rings. The van der Waals surface area contributed by atoms with Crippen molar-refractivity contribution in [3.05, 3.63) is 77.2 Å². The lowest BCUT2D eigenvalue weighted by molar-refractivity contribution is -0.749. The van der Waals surface area contributed by atoms with E-state index in [-0.39, 0.29) is 0 Å². The lowest BCUT2D eigenvalue weighted by Gasteiger charge is -2.01. The minimum atomic E-state index is 0.469. The molecule has 4 heterocycles. The molecule has 0 bridgehead atoms. The third-order valence-corrected chi connectivity index (χ3v) is 5.13.